The van der Waals surface area contributed by atoms with Gasteiger partial charge in [-0.05, 0) is 36.1 Å². The Labute approximate surface area is 153 Å². The molecule has 0 N–H and O–H groups in total. The van der Waals surface area contributed by atoms with Crippen molar-refractivity contribution in [2.24, 2.45) is 0 Å². The fourth-order valence-electron chi connectivity index (χ4n) is 1.45. The summed E-state index contributed by atoms with van der Waals surface area (Å²) in [4.78, 5) is 32.3. The van der Waals surface area contributed by atoms with Crippen LogP contribution in [0.15, 0.2) is 36.5 Å². The first kappa shape index (κ1) is 22.8. The lowest BCUT2D eigenvalue weighted by atomic mass is 10.2. The molecule has 0 aliphatic heterocycles. The van der Waals surface area contributed by atoms with Crippen molar-refractivity contribution in [3.63, 3.8) is 0 Å². The van der Waals surface area contributed by atoms with Gasteiger partial charge in [0.15, 0.2) is 0 Å². The van der Waals surface area contributed by atoms with Gasteiger partial charge in [0.05, 0.1) is 6.61 Å². The number of carbonyl (C=O) groups excluding carboxylic acids is 3. The van der Waals surface area contributed by atoms with Gasteiger partial charge >= 0.3 is 17.9 Å². The minimum Gasteiger partial charge on any atom is -0.466 e. The van der Waals surface area contributed by atoms with E-state index in [1.54, 1.807) is 36.5 Å². The quantitative estimate of drug-likeness (QED) is 0.286. The lowest BCUT2D eigenvalue weighted by Crippen LogP contribution is -2.17. The molecular weight excluding hydrogens is 336 g/mol. The summed E-state index contributed by atoms with van der Waals surface area (Å²) >= 11 is 0. The Morgan fingerprint density at radius 3 is 2.15 bits per heavy atom. The molecule has 0 aromatic heterocycles. The van der Waals surface area contributed by atoms with Crippen molar-refractivity contribution < 1.29 is 28.6 Å². The lowest BCUT2D eigenvalue weighted by molar-refractivity contribution is -0.146. The van der Waals surface area contributed by atoms with Crippen molar-refractivity contribution in [1.29, 1.82) is 0 Å². The number of allylic oxidation sites excluding steroid dienone is 4. The summed E-state index contributed by atoms with van der Waals surface area (Å²) in [5.41, 5.74) is 0. The number of rotatable bonds is 8. The van der Waals surface area contributed by atoms with Gasteiger partial charge in [0, 0.05) is 27.2 Å². The number of hydrogen-bond acceptors (Lipinski definition) is 6. The number of ether oxygens (including phenoxy) is 3. The zero-order valence-corrected chi connectivity index (χ0v) is 15.1. The topological polar surface area (TPSA) is 78.9 Å². The van der Waals surface area contributed by atoms with Crippen LogP contribution in [0.3, 0.4) is 0 Å². The monoisotopic (exact) mass is 358 g/mol. The fourth-order valence-corrected chi connectivity index (χ4v) is 1.45. The Balaban J connectivity index is 4.31. The second kappa shape index (κ2) is 15.3. The summed E-state index contributed by atoms with van der Waals surface area (Å²) in [7, 11) is 0. The molecule has 0 amide bonds. The van der Waals surface area contributed by atoms with E-state index in [1.165, 1.54) is 20.8 Å². The van der Waals surface area contributed by atoms with Crippen molar-refractivity contribution in [2.45, 2.75) is 33.3 Å². The first-order valence-electron chi connectivity index (χ1n) is 7.85. The van der Waals surface area contributed by atoms with Crippen molar-refractivity contribution in [3.8, 4) is 23.7 Å². The molecule has 0 heterocycles. The number of hydrogen-bond donors (Lipinski definition) is 0. The normalized spacial score (nSPS) is 11.3. The summed E-state index contributed by atoms with van der Waals surface area (Å²) in [5, 5.41) is 0. The highest BCUT2D eigenvalue weighted by Crippen LogP contribution is 2.02. The Morgan fingerprint density at radius 1 is 0.885 bits per heavy atom. The second-order valence-electron chi connectivity index (χ2n) is 4.76. The van der Waals surface area contributed by atoms with Crippen LogP contribution in [-0.2, 0) is 28.6 Å². The van der Waals surface area contributed by atoms with Gasteiger partial charge < -0.3 is 14.2 Å². The molecule has 0 aromatic rings. The zero-order chi connectivity index (χ0) is 19.6. The smallest absolute Gasteiger partial charge is 0.303 e. The molecule has 0 saturated heterocycles. The van der Waals surface area contributed by atoms with E-state index < -0.39 is 12.1 Å². The van der Waals surface area contributed by atoms with Gasteiger partial charge in [-0.2, -0.15) is 0 Å². The molecule has 0 fully saturated rings. The molecule has 0 aliphatic rings. The molecule has 6 nitrogen and oxygen atoms in total. The lowest BCUT2D eigenvalue weighted by Gasteiger charge is -2.12. The Kier molecular flexibility index (Phi) is 13.4. The summed E-state index contributed by atoms with van der Waals surface area (Å²) in [6.07, 6.45) is 9.67. The average molecular weight is 358 g/mol. The van der Waals surface area contributed by atoms with Crippen LogP contribution in [0.2, 0.25) is 0 Å². The minimum atomic E-state index is -0.480. The maximum absolute atomic E-state index is 11.0. The van der Waals surface area contributed by atoms with E-state index in [-0.39, 0.29) is 25.2 Å². The molecule has 0 rings (SSSR count). The minimum absolute atomic E-state index is 0.168. The van der Waals surface area contributed by atoms with Crippen LogP contribution in [0.25, 0.3) is 0 Å². The summed E-state index contributed by atoms with van der Waals surface area (Å²) in [6.45, 7) is 4.31. The highest BCUT2D eigenvalue weighted by molar-refractivity contribution is 5.66. The van der Waals surface area contributed by atoms with Crippen LogP contribution in [0, 0.1) is 23.7 Å². The fraction of sp³-hybridized carbons (Fsp3) is 0.350. The van der Waals surface area contributed by atoms with Crippen LogP contribution >= 0.6 is 0 Å². The van der Waals surface area contributed by atoms with E-state index in [2.05, 4.69) is 28.4 Å². The molecule has 26 heavy (non-hydrogen) atoms. The van der Waals surface area contributed by atoms with Crippen LogP contribution in [0.4, 0.5) is 0 Å². The second-order valence-corrected chi connectivity index (χ2v) is 4.76. The maximum atomic E-state index is 11.0. The third-order valence-corrected chi connectivity index (χ3v) is 2.43. The van der Waals surface area contributed by atoms with Crippen LogP contribution in [0.5, 0.6) is 0 Å². The molecule has 0 spiro atoms. The Bertz CT molecular complexity index is 677. The summed E-state index contributed by atoms with van der Waals surface area (Å²) in [6, 6.07) is 0. The highest BCUT2D eigenvalue weighted by atomic mass is 16.6. The molecular formula is C20H22O6. The number of esters is 3. The standard InChI is InChI=1S/C20H22O6/c1-17(21)24-15-12-10-8-6-4-5-7-9-11-13-20(26-19(3)23)14-16-25-18(2)22/h7,9-13,20H,14-16H2,1-3H3/b9-7-,12-10+,13-11+/t20-/m0/s1. The van der Waals surface area contributed by atoms with Gasteiger partial charge in [0.2, 0.25) is 0 Å². The molecule has 0 unspecified atom stereocenters. The van der Waals surface area contributed by atoms with Crippen molar-refractivity contribution in [2.75, 3.05) is 13.2 Å². The molecule has 0 radical (unpaired) electrons. The van der Waals surface area contributed by atoms with Crippen LogP contribution in [0.1, 0.15) is 27.2 Å². The molecule has 1 atom stereocenters. The van der Waals surface area contributed by atoms with Gasteiger partial charge in [-0.25, -0.2) is 0 Å². The SMILES string of the molecule is CC(=O)OC/C=C/C#CC#C/C=C\C=C\[C@@H](CCOC(C)=O)OC(C)=O. The summed E-state index contributed by atoms with van der Waals surface area (Å²) in [5.74, 6) is 9.48. The first-order chi connectivity index (χ1) is 12.4. The Morgan fingerprint density at radius 2 is 1.54 bits per heavy atom. The molecule has 138 valence electrons. The van der Waals surface area contributed by atoms with Gasteiger partial charge in [-0.3, -0.25) is 14.4 Å². The maximum Gasteiger partial charge on any atom is 0.303 e. The predicted molar refractivity (Wildman–Crippen MR) is 96.4 cm³/mol. The van der Waals surface area contributed by atoms with Crippen LogP contribution in [-0.4, -0.2) is 37.2 Å². The molecule has 0 bridgehead atoms. The van der Waals surface area contributed by atoms with Gasteiger partial charge in [0.25, 0.3) is 0 Å². The molecule has 0 saturated carbocycles. The van der Waals surface area contributed by atoms with E-state index in [4.69, 9.17) is 9.47 Å². The van der Waals surface area contributed by atoms with Crippen molar-refractivity contribution >= 4 is 17.9 Å². The average Bonchev–Trinajstić information content (AvgIpc) is 2.54. The molecule has 0 aliphatic carbocycles. The molecule has 0 aromatic carbocycles. The summed E-state index contributed by atoms with van der Waals surface area (Å²) < 4.78 is 14.6. The van der Waals surface area contributed by atoms with E-state index in [1.807, 2.05) is 0 Å². The third-order valence-electron chi connectivity index (χ3n) is 2.43. The first-order valence-corrected chi connectivity index (χ1v) is 7.85. The van der Waals surface area contributed by atoms with Crippen LogP contribution < -0.4 is 0 Å². The number of carbonyl (C=O) groups is 3. The van der Waals surface area contributed by atoms with E-state index in [0.29, 0.717) is 6.42 Å². The largest absolute Gasteiger partial charge is 0.466 e. The van der Waals surface area contributed by atoms with E-state index in [0.717, 1.165) is 0 Å². The zero-order valence-electron chi connectivity index (χ0n) is 15.1. The third kappa shape index (κ3) is 17.1. The predicted octanol–water partition coefficient (Wildman–Crippen LogP) is 2.11. The Hall–Kier alpha value is -3.25. The van der Waals surface area contributed by atoms with Gasteiger partial charge in [0.1, 0.15) is 12.7 Å². The molecule has 6 heteroatoms. The highest BCUT2D eigenvalue weighted by Gasteiger charge is 2.08. The van der Waals surface area contributed by atoms with Gasteiger partial charge in [-0.15, -0.1) is 0 Å². The van der Waals surface area contributed by atoms with Gasteiger partial charge in [-0.1, -0.05) is 24.0 Å². The van der Waals surface area contributed by atoms with E-state index >= 15 is 0 Å². The van der Waals surface area contributed by atoms with Crippen molar-refractivity contribution in [3.05, 3.63) is 36.5 Å². The van der Waals surface area contributed by atoms with Crippen molar-refractivity contribution in [1.82, 2.24) is 0 Å². The van der Waals surface area contributed by atoms with E-state index in [9.17, 15) is 14.4 Å².